The molecule has 0 saturated carbocycles. The number of nitrogens with zero attached hydrogens (tertiary/aromatic N) is 3. The average Bonchev–Trinajstić information content (AvgIpc) is 3.31. The van der Waals surface area contributed by atoms with Crippen molar-refractivity contribution in [3.63, 3.8) is 0 Å². The summed E-state index contributed by atoms with van der Waals surface area (Å²) in [5.74, 6) is 1.41. The molecule has 2 heterocycles. The number of nitrogens with two attached hydrogens (primary N) is 1. The number of anilines is 1. The van der Waals surface area contributed by atoms with Gasteiger partial charge in [-0.3, -0.25) is 14.9 Å². The smallest absolute Gasteiger partial charge is 0.280 e. The minimum Gasteiger partial charge on any atom is -0.492 e. The van der Waals surface area contributed by atoms with Gasteiger partial charge in [0.1, 0.15) is 17.2 Å². The van der Waals surface area contributed by atoms with E-state index < -0.39 is 10.0 Å². The molecule has 0 bridgehead atoms. The van der Waals surface area contributed by atoms with Gasteiger partial charge in [-0.2, -0.15) is 4.31 Å². The van der Waals surface area contributed by atoms with Crippen LogP contribution in [0.25, 0.3) is 5.69 Å². The number of morpholine rings is 1. The lowest BCUT2D eigenvalue weighted by Crippen LogP contribution is -2.40. The number of aromatic amines is 1. The number of ether oxygens (including phenoxy) is 3. The van der Waals surface area contributed by atoms with Crippen LogP contribution >= 0.6 is 0 Å². The predicted molar refractivity (Wildman–Crippen MR) is 168 cm³/mol. The summed E-state index contributed by atoms with van der Waals surface area (Å²) >= 11 is 0. The zero-order valence-electron chi connectivity index (χ0n) is 24.5. The van der Waals surface area contributed by atoms with E-state index in [1.54, 1.807) is 19.1 Å². The third kappa shape index (κ3) is 7.72. The second kappa shape index (κ2) is 14.7. The molecule has 5 rings (SSSR count). The maximum absolute atomic E-state index is 13.0. The first-order valence-electron chi connectivity index (χ1n) is 14.0. The monoisotopic (exact) mass is 607 g/mol. The summed E-state index contributed by atoms with van der Waals surface area (Å²) < 4.78 is 44.4. The standard InChI is InChI=1S/C23H26N4O5S.C8H11NO/c1-3-32-22-7-5-4-6-21(22)24-16-20-17(2)25-27(23(20)28)18-8-10-19(11-9-18)33(29,30)26-12-14-31-15-13-26;1-2-10-8-6-4-3-5-7(8)9/h4-11,16,25H,3,12-15H2,1-2H3;3-6H,2,9H2,1H3. The van der Waals surface area contributed by atoms with Gasteiger partial charge in [0.25, 0.3) is 5.56 Å². The highest BCUT2D eigenvalue weighted by Gasteiger charge is 2.26. The molecule has 1 saturated heterocycles. The van der Waals surface area contributed by atoms with E-state index in [4.69, 9.17) is 19.9 Å². The van der Waals surface area contributed by atoms with Gasteiger partial charge in [0.2, 0.25) is 10.0 Å². The van der Waals surface area contributed by atoms with Crippen molar-refractivity contribution < 1.29 is 22.6 Å². The molecule has 1 aromatic heterocycles. The number of nitrogens with one attached hydrogen (secondary N) is 1. The first-order chi connectivity index (χ1) is 20.8. The third-order valence-electron chi connectivity index (χ3n) is 6.54. The van der Waals surface area contributed by atoms with Crippen LogP contribution in [0.15, 0.2) is 87.5 Å². The van der Waals surface area contributed by atoms with Crippen LogP contribution in [0, 0.1) is 6.92 Å². The van der Waals surface area contributed by atoms with Crippen LogP contribution in [0.4, 0.5) is 11.4 Å². The van der Waals surface area contributed by atoms with E-state index in [1.807, 2.05) is 62.4 Å². The summed E-state index contributed by atoms with van der Waals surface area (Å²) in [6.07, 6.45) is 1.51. The highest BCUT2D eigenvalue weighted by molar-refractivity contribution is 7.89. The number of rotatable bonds is 9. The van der Waals surface area contributed by atoms with Crippen molar-refractivity contribution in [2.45, 2.75) is 25.7 Å². The van der Waals surface area contributed by atoms with Gasteiger partial charge in [-0.1, -0.05) is 24.3 Å². The van der Waals surface area contributed by atoms with Gasteiger partial charge >= 0.3 is 0 Å². The van der Waals surface area contributed by atoms with E-state index >= 15 is 0 Å². The molecule has 0 aliphatic carbocycles. The van der Waals surface area contributed by atoms with Crippen LogP contribution < -0.4 is 20.8 Å². The summed E-state index contributed by atoms with van der Waals surface area (Å²) in [4.78, 5) is 17.6. The summed E-state index contributed by atoms with van der Waals surface area (Å²) in [6, 6.07) is 21.1. The fourth-order valence-corrected chi connectivity index (χ4v) is 5.75. The molecule has 1 aliphatic heterocycles. The lowest BCUT2D eigenvalue weighted by Gasteiger charge is -2.26. The van der Waals surface area contributed by atoms with Crippen LogP contribution in [0.5, 0.6) is 11.5 Å². The van der Waals surface area contributed by atoms with Gasteiger partial charge in [-0.25, -0.2) is 13.1 Å². The van der Waals surface area contributed by atoms with Crippen molar-refractivity contribution in [1.29, 1.82) is 0 Å². The summed E-state index contributed by atoms with van der Waals surface area (Å²) in [5.41, 5.74) is 8.20. The number of para-hydroxylation sites is 4. The molecule has 3 N–H and O–H groups in total. The van der Waals surface area contributed by atoms with E-state index in [-0.39, 0.29) is 10.5 Å². The van der Waals surface area contributed by atoms with Crippen molar-refractivity contribution in [2.24, 2.45) is 4.99 Å². The van der Waals surface area contributed by atoms with Crippen molar-refractivity contribution in [2.75, 3.05) is 45.3 Å². The molecule has 43 heavy (non-hydrogen) atoms. The molecule has 0 amide bonds. The van der Waals surface area contributed by atoms with Crippen molar-refractivity contribution in [3.8, 4) is 17.2 Å². The molecule has 12 heteroatoms. The van der Waals surface area contributed by atoms with Crippen LogP contribution in [-0.4, -0.2) is 68.2 Å². The van der Waals surface area contributed by atoms with Gasteiger partial charge in [0, 0.05) is 25.0 Å². The quantitative estimate of drug-likeness (QED) is 0.213. The minimum atomic E-state index is -3.60. The molecule has 1 fully saturated rings. The van der Waals surface area contributed by atoms with Gasteiger partial charge in [-0.05, 0) is 69.3 Å². The number of hydrogen-bond donors (Lipinski definition) is 2. The van der Waals surface area contributed by atoms with E-state index in [0.29, 0.717) is 73.6 Å². The number of aryl methyl sites for hydroxylation is 1. The number of sulfonamides is 1. The Bertz CT molecular complexity index is 1690. The Hall–Kier alpha value is -4.39. The molecule has 0 atom stereocenters. The highest BCUT2D eigenvalue weighted by atomic mass is 32.2. The SMILES string of the molecule is CCOc1ccccc1N.CCOc1ccccc1N=Cc1c(C)[nH]n(-c2ccc(S(=O)(=O)N3CCOCC3)cc2)c1=O. The summed E-state index contributed by atoms with van der Waals surface area (Å²) in [5, 5.41) is 3.03. The number of nitrogen functional groups attached to an aromatic ring is 1. The van der Waals surface area contributed by atoms with Crippen LogP contribution in [0.2, 0.25) is 0 Å². The van der Waals surface area contributed by atoms with E-state index in [2.05, 4.69) is 10.1 Å². The predicted octanol–water partition coefficient (Wildman–Crippen LogP) is 4.31. The Morgan fingerprint density at radius 2 is 1.53 bits per heavy atom. The lowest BCUT2D eigenvalue weighted by atomic mass is 10.2. The van der Waals surface area contributed by atoms with Crippen molar-refractivity contribution in [3.05, 3.63) is 94.4 Å². The average molecular weight is 608 g/mol. The van der Waals surface area contributed by atoms with Crippen LogP contribution in [0.3, 0.4) is 0 Å². The Balaban J connectivity index is 0.000000359. The van der Waals surface area contributed by atoms with E-state index in [0.717, 1.165) is 5.75 Å². The van der Waals surface area contributed by atoms with Crippen molar-refractivity contribution in [1.82, 2.24) is 14.1 Å². The Morgan fingerprint density at radius 3 is 2.19 bits per heavy atom. The molecular weight excluding hydrogens is 570 g/mol. The molecule has 4 aromatic rings. The van der Waals surface area contributed by atoms with Gasteiger partial charge < -0.3 is 19.9 Å². The number of aliphatic imine (C=N–C) groups is 1. The number of hydrogen-bond acceptors (Lipinski definition) is 8. The van der Waals surface area contributed by atoms with E-state index in [1.165, 1.54) is 27.3 Å². The second-order valence-electron chi connectivity index (χ2n) is 9.43. The molecule has 3 aromatic carbocycles. The molecule has 0 spiro atoms. The molecule has 228 valence electrons. The zero-order valence-corrected chi connectivity index (χ0v) is 25.3. The molecular formula is C31H37N5O6S. The summed E-state index contributed by atoms with van der Waals surface area (Å²) in [7, 11) is -3.60. The zero-order chi connectivity index (χ0) is 30.8. The molecule has 0 unspecified atom stereocenters. The summed E-state index contributed by atoms with van der Waals surface area (Å²) in [6.45, 7) is 8.21. The first-order valence-corrected chi connectivity index (χ1v) is 15.4. The van der Waals surface area contributed by atoms with E-state index in [9.17, 15) is 13.2 Å². The Morgan fingerprint density at radius 1 is 0.930 bits per heavy atom. The van der Waals surface area contributed by atoms with Gasteiger partial charge in [0.05, 0.1) is 48.3 Å². The number of benzene rings is 3. The first kappa shape index (κ1) is 31.5. The third-order valence-corrected chi connectivity index (χ3v) is 8.45. The molecule has 0 radical (unpaired) electrons. The topological polar surface area (TPSA) is 141 Å². The highest BCUT2D eigenvalue weighted by Crippen LogP contribution is 2.27. The Kier molecular flexibility index (Phi) is 10.8. The fraction of sp³-hybridized carbons (Fsp3) is 0.290. The maximum atomic E-state index is 13.0. The van der Waals surface area contributed by atoms with Crippen LogP contribution in [0.1, 0.15) is 25.1 Å². The minimum absolute atomic E-state index is 0.179. The van der Waals surface area contributed by atoms with Crippen molar-refractivity contribution >= 4 is 27.6 Å². The molecule has 11 nitrogen and oxygen atoms in total. The van der Waals surface area contributed by atoms with Gasteiger partial charge in [-0.15, -0.1) is 0 Å². The fourth-order valence-electron chi connectivity index (χ4n) is 4.34. The second-order valence-corrected chi connectivity index (χ2v) is 11.4. The van der Waals surface area contributed by atoms with Crippen LogP contribution in [-0.2, 0) is 14.8 Å². The largest absolute Gasteiger partial charge is 0.492 e. The van der Waals surface area contributed by atoms with Gasteiger partial charge in [0.15, 0.2) is 0 Å². The normalized spacial score (nSPS) is 13.8. The molecule has 1 aliphatic rings. The maximum Gasteiger partial charge on any atom is 0.280 e. The lowest BCUT2D eigenvalue weighted by molar-refractivity contribution is 0.0730. The number of aromatic nitrogens is 2. The Labute approximate surface area is 251 Å². The number of H-pyrrole nitrogens is 1.